The quantitative estimate of drug-likeness (QED) is 0.598. The lowest BCUT2D eigenvalue weighted by molar-refractivity contribution is 0.812. The van der Waals surface area contributed by atoms with Crippen molar-refractivity contribution in [3.8, 4) is 0 Å². The minimum absolute atomic E-state index is 0.194. The van der Waals surface area contributed by atoms with E-state index in [2.05, 4.69) is 53.0 Å². The van der Waals surface area contributed by atoms with Gasteiger partial charge in [-0.25, -0.2) is 0 Å². The van der Waals surface area contributed by atoms with E-state index in [0.29, 0.717) is 0 Å². The van der Waals surface area contributed by atoms with Gasteiger partial charge in [0.25, 0.3) is 0 Å². The molecule has 0 fully saturated rings. The zero-order chi connectivity index (χ0) is 8.62. The second kappa shape index (κ2) is 7.80. The number of rotatable bonds is 2. The van der Waals surface area contributed by atoms with E-state index in [4.69, 9.17) is 0 Å². The minimum Gasteiger partial charge on any atom is -0.179 e. The molecule has 0 saturated heterocycles. The first-order valence-electron chi connectivity index (χ1n) is 3.75. The van der Waals surface area contributed by atoms with E-state index in [9.17, 15) is 0 Å². The van der Waals surface area contributed by atoms with Crippen LogP contribution in [-0.4, -0.2) is 10.5 Å². The predicted molar refractivity (Wildman–Crippen MR) is 57.5 cm³/mol. The van der Waals surface area contributed by atoms with Crippen molar-refractivity contribution in [3.63, 3.8) is 0 Å². The minimum atomic E-state index is 0.194. The SMILES string of the molecule is CC(C)(C)S.CCCCS. The number of hydrogen-bond acceptors (Lipinski definition) is 2. The van der Waals surface area contributed by atoms with Crippen LogP contribution < -0.4 is 0 Å². The van der Waals surface area contributed by atoms with Crippen LogP contribution >= 0.6 is 25.3 Å². The zero-order valence-electron chi connectivity index (χ0n) is 7.52. The van der Waals surface area contributed by atoms with Crippen molar-refractivity contribution in [1.82, 2.24) is 0 Å². The molecule has 0 aliphatic heterocycles. The van der Waals surface area contributed by atoms with Gasteiger partial charge in [-0.05, 0) is 12.2 Å². The summed E-state index contributed by atoms with van der Waals surface area (Å²) in [6.07, 6.45) is 2.52. The first-order chi connectivity index (χ1) is 4.41. The van der Waals surface area contributed by atoms with Gasteiger partial charge in [0.15, 0.2) is 0 Å². The normalized spacial score (nSPS) is 10.2. The molecule has 0 radical (unpaired) electrons. The van der Waals surface area contributed by atoms with Gasteiger partial charge in [0.2, 0.25) is 0 Å². The van der Waals surface area contributed by atoms with E-state index in [1.165, 1.54) is 12.8 Å². The molecule has 0 atom stereocenters. The van der Waals surface area contributed by atoms with Crippen molar-refractivity contribution in [1.29, 1.82) is 0 Å². The Morgan fingerprint density at radius 1 is 1.20 bits per heavy atom. The van der Waals surface area contributed by atoms with Gasteiger partial charge in [0, 0.05) is 4.75 Å². The summed E-state index contributed by atoms with van der Waals surface area (Å²) in [6, 6.07) is 0. The third-order valence-corrected chi connectivity index (χ3v) is 0.828. The highest BCUT2D eigenvalue weighted by Crippen LogP contribution is 2.07. The molecule has 0 saturated carbocycles. The second-order valence-corrected chi connectivity index (χ2v) is 5.04. The summed E-state index contributed by atoms with van der Waals surface area (Å²) in [7, 11) is 0. The van der Waals surface area contributed by atoms with E-state index < -0.39 is 0 Å². The smallest absolute Gasteiger partial charge is 0.00449 e. The van der Waals surface area contributed by atoms with Crippen LogP contribution in [0, 0.1) is 0 Å². The second-order valence-electron chi connectivity index (χ2n) is 3.25. The highest BCUT2D eigenvalue weighted by Gasteiger charge is 1.96. The van der Waals surface area contributed by atoms with Crippen LogP contribution in [0.1, 0.15) is 40.5 Å². The molecule has 10 heavy (non-hydrogen) atoms. The molecule has 2 heteroatoms. The molecule has 0 aromatic carbocycles. The zero-order valence-corrected chi connectivity index (χ0v) is 9.30. The monoisotopic (exact) mass is 180 g/mol. The average Bonchev–Trinajstić information content (AvgIpc) is 1.63. The Morgan fingerprint density at radius 3 is 1.50 bits per heavy atom. The fraction of sp³-hybridized carbons (Fsp3) is 1.00. The van der Waals surface area contributed by atoms with Crippen LogP contribution in [0.3, 0.4) is 0 Å². The molecule has 0 heterocycles. The number of unbranched alkanes of at least 4 members (excludes halogenated alkanes) is 1. The van der Waals surface area contributed by atoms with Gasteiger partial charge in [-0.2, -0.15) is 25.3 Å². The van der Waals surface area contributed by atoms with Gasteiger partial charge in [0.1, 0.15) is 0 Å². The molecule has 0 aliphatic rings. The molecular formula is C8H20S2. The Morgan fingerprint density at radius 2 is 1.50 bits per heavy atom. The fourth-order valence-corrected chi connectivity index (χ4v) is 0.474. The van der Waals surface area contributed by atoms with E-state index in [1.807, 2.05) is 0 Å². The van der Waals surface area contributed by atoms with Gasteiger partial charge in [-0.1, -0.05) is 34.1 Å². The molecule has 0 rings (SSSR count). The molecule has 0 spiro atoms. The molecule has 0 nitrogen and oxygen atoms in total. The van der Waals surface area contributed by atoms with Crippen LogP contribution in [0.5, 0.6) is 0 Å². The van der Waals surface area contributed by atoms with Crippen LogP contribution in [0.15, 0.2) is 0 Å². The molecular weight excluding hydrogens is 160 g/mol. The van der Waals surface area contributed by atoms with Crippen molar-refractivity contribution >= 4 is 25.3 Å². The van der Waals surface area contributed by atoms with Crippen molar-refractivity contribution in [2.24, 2.45) is 0 Å². The lowest BCUT2D eigenvalue weighted by Crippen LogP contribution is -1.99. The summed E-state index contributed by atoms with van der Waals surface area (Å²) in [5.74, 6) is 1.04. The molecule has 64 valence electrons. The summed E-state index contributed by atoms with van der Waals surface area (Å²) in [5.41, 5.74) is 0. The Hall–Kier alpha value is 0.700. The lowest BCUT2D eigenvalue weighted by Gasteiger charge is -2.04. The van der Waals surface area contributed by atoms with Gasteiger partial charge < -0.3 is 0 Å². The number of thiol groups is 2. The molecule has 0 N–H and O–H groups in total. The third kappa shape index (κ3) is 70.8. The highest BCUT2D eigenvalue weighted by molar-refractivity contribution is 7.81. The largest absolute Gasteiger partial charge is 0.179 e. The average molecular weight is 180 g/mol. The Balaban J connectivity index is 0. The van der Waals surface area contributed by atoms with E-state index in [0.717, 1.165) is 5.75 Å². The predicted octanol–water partition coefficient (Wildman–Crippen LogP) is 3.43. The maximum absolute atomic E-state index is 4.12. The lowest BCUT2D eigenvalue weighted by atomic mass is 10.3. The maximum Gasteiger partial charge on any atom is 0.00449 e. The molecule has 0 bridgehead atoms. The van der Waals surface area contributed by atoms with E-state index >= 15 is 0 Å². The van der Waals surface area contributed by atoms with Gasteiger partial charge in [0.05, 0.1) is 0 Å². The van der Waals surface area contributed by atoms with Crippen LogP contribution in [0.2, 0.25) is 0 Å². The number of hydrogen-bond donors (Lipinski definition) is 2. The highest BCUT2D eigenvalue weighted by atomic mass is 32.1. The molecule has 0 aliphatic carbocycles. The molecule has 0 amide bonds. The van der Waals surface area contributed by atoms with Gasteiger partial charge in [-0.3, -0.25) is 0 Å². The first kappa shape index (κ1) is 13.3. The summed E-state index contributed by atoms with van der Waals surface area (Å²) in [6.45, 7) is 8.32. The van der Waals surface area contributed by atoms with Gasteiger partial charge in [-0.15, -0.1) is 0 Å². The van der Waals surface area contributed by atoms with Crippen LogP contribution in [0.25, 0.3) is 0 Å². The van der Waals surface area contributed by atoms with Crippen LogP contribution in [-0.2, 0) is 0 Å². The van der Waals surface area contributed by atoms with Crippen molar-refractivity contribution in [2.45, 2.75) is 45.3 Å². The Bertz CT molecular complexity index is 46.8. The fourth-order valence-electron chi connectivity index (χ4n) is 0.158. The van der Waals surface area contributed by atoms with Gasteiger partial charge >= 0.3 is 0 Å². The van der Waals surface area contributed by atoms with Crippen molar-refractivity contribution in [2.75, 3.05) is 5.75 Å². The molecule has 0 aromatic rings. The Labute approximate surface area is 76.6 Å². The summed E-state index contributed by atoms with van der Waals surface area (Å²) < 4.78 is 0.194. The Kier molecular flexibility index (Phi) is 10.4. The van der Waals surface area contributed by atoms with E-state index in [1.54, 1.807) is 0 Å². The summed E-state index contributed by atoms with van der Waals surface area (Å²) in [4.78, 5) is 0. The van der Waals surface area contributed by atoms with Crippen molar-refractivity contribution < 1.29 is 0 Å². The topological polar surface area (TPSA) is 0 Å². The third-order valence-electron chi connectivity index (χ3n) is 0.512. The first-order valence-corrected chi connectivity index (χ1v) is 4.83. The van der Waals surface area contributed by atoms with Crippen molar-refractivity contribution in [3.05, 3.63) is 0 Å². The van der Waals surface area contributed by atoms with Crippen LogP contribution in [0.4, 0.5) is 0 Å². The summed E-state index contributed by atoms with van der Waals surface area (Å²) in [5, 5.41) is 0. The molecule has 0 unspecified atom stereocenters. The summed E-state index contributed by atoms with van der Waals surface area (Å²) >= 11 is 8.12. The maximum atomic E-state index is 4.12. The molecule has 0 aromatic heterocycles. The standard InChI is InChI=1S/2C4H10S/c1-4(2,3)5;1-2-3-4-5/h5H,1-3H3;5H,2-4H2,1H3. The van der Waals surface area contributed by atoms with E-state index in [-0.39, 0.29) is 4.75 Å².